The van der Waals surface area contributed by atoms with E-state index in [2.05, 4.69) is 17.2 Å². The molecule has 21 heavy (non-hydrogen) atoms. The van der Waals surface area contributed by atoms with Crippen LogP contribution in [0.25, 0.3) is 0 Å². The van der Waals surface area contributed by atoms with E-state index in [0.717, 1.165) is 30.7 Å². The third-order valence-electron chi connectivity index (χ3n) is 4.09. The van der Waals surface area contributed by atoms with Crippen LogP contribution in [-0.4, -0.2) is 17.4 Å². The molecule has 1 atom stereocenters. The normalized spacial score (nSPS) is 17.3. The fraction of sp³-hybridized carbons (Fsp3) is 0.412. The summed E-state index contributed by atoms with van der Waals surface area (Å²) in [5, 5.41) is 5.07. The van der Waals surface area contributed by atoms with Gasteiger partial charge in [0.15, 0.2) is 0 Å². The van der Waals surface area contributed by atoms with Gasteiger partial charge in [-0.15, -0.1) is 11.3 Å². The topological polar surface area (TPSA) is 42.0 Å². The van der Waals surface area contributed by atoms with Gasteiger partial charge in [0.25, 0.3) is 5.91 Å². The predicted molar refractivity (Wildman–Crippen MR) is 85.8 cm³/mol. The monoisotopic (exact) mass is 300 g/mol. The lowest BCUT2D eigenvalue weighted by molar-refractivity contribution is 0.0953. The summed E-state index contributed by atoms with van der Waals surface area (Å²) in [6.45, 7) is 2.96. The minimum Gasteiger partial charge on any atom is -0.352 e. The molecular formula is C17H20N2OS. The Morgan fingerprint density at radius 1 is 1.43 bits per heavy atom. The summed E-state index contributed by atoms with van der Waals surface area (Å²) in [7, 11) is 0. The van der Waals surface area contributed by atoms with Crippen molar-refractivity contribution in [3.8, 4) is 0 Å². The van der Waals surface area contributed by atoms with Crippen molar-refractivity contribution >= 4 is 17.2 Å². The van der Waals surface area contributed by atoms with Gasteiger partial charge in [0.1, 0.15) is 0 Å². The highest BCUT2D eigenvalue weighted by Gasteiger charge is 2.22. The number of amides is 1. The molecule has 0 radical (unpaired) electrons. The first-order valence-electron chi connectivity index (χ1n) is 7.50. The summed E-state index contributed by atoms with van der Waals surface area (Å²) in [6, 6.07) is 3.97. The molecule has 1 aliphatic carbocycles. The van der Waals surface area contributed by atoms with Gasteiger partial charge < -0.3 is 5.32 Å². The molecule has 0 bridgehead atoms. The number of hydrogen-bond donors (Lipinski definition) is 1. The summed E-state index contributed by atoms with van der Waals surface area (Å²) in [5.41, 5.74) is 3.39. The van der Waals surface area contributed by atoms with Crippen molar-refractivity contribution in [1.29, 1.82) is 0 Å². The zero-order chi connectivity index (χ0) is 14.7. The summed E-state index contributed by atoms with van der Waals surface area (Å²) >= 11 is 1.74. The zero-order valence-corrected chi connectivity index (χ0v) is 13.1. The second kappa shape index (κ2) is 6.39. The lowest BCUT2D eigenvalue weighted by atomic mass is 9.88. The number of nitrogens with zero attached hydrogens (tertiary/aromatic N) is 1. The maximum atomic E-state index is 12.3. The minimum atomic E-state index is 0.0797. The van der Waals surface area contributed by atoms with Crippen LogP contribution in [0.15, 0.2) is 29.9 Å². The van der Waals surface area contributed by atoms with Gasteiger partial charge in [0, 0.05) is 29.2 Å². The lowest BCUT2D eigenvalue weighted by Gasteiger charge is -2.18. The van der Waals surface area contributed by atoms with Crippen molar-refractivity contribution in [3.05, 3.63) is 51.5 Å². The molecule has 1 aliphatic rings. The molecule has 0 fully saturated rings. The second-order valence-corrected chi connectivity index (χ2v) is 6.72. The number of aromatic nitrogens is 1. The summed E-state index contributed by atoms with van der Waals surface area (Å²) in [4.78, 5) is 17.7. The number of pyridine rings is 1. The maximum Gasteiger partial charge on any atom is 0.252 e. The number of thiophene rings is 1. The van der Waals surface area contributed by atoms with E-state index < -0.39 is 0 Å². The maximum absolute atomic E-state index is 12.3. The first-order valence-corrected chi connectivity index (χ1v) is 8.38. The lowest BCUT2D eigenvalue weighted by Crippen LogP contribution is -2.26. The molecule has 4 heteroatoms. The Morgan fingerprint density at radius 3 is 3.05 bits per heavy atom. The fourth-order valence-corrected chi connectivity index (χ4v) is 4.08. The van der Waals surface area contributed by atoms with E-state index in [9.17, 15) is 4.79 Å². The van der Waals surface area contributed by atoms with Crippen molar-refractivity contribution in [3.63, 3.8) is 0 Å². The third-order valence-corrected chi connectivity index (χ3v) is 5.15. The van der Waals surface area contributed by atoms with Crippen LogP contribution in [0.1, 0.15) is 39.7 Å². The Morgan fingerprint density at radius 2 is 2.24 bits per heavy atom. The van der Waals surface area contributed by atoms with Crippen LogP contribution in [0.5, 0.6) is 0 Å². The van der Waals surface area contributed by atoms with Crippen LogP contribution >= 0.6 is 11.3 Å². The Balaban J connectivity index is 1.59. The largest absolute Gasteiger partial charge is 0.352 e. The quantitative estimate of drug-likeness (QED) is 0.942. The van der Waals surface area contributed by atoms with Gasteiger partial charge in [-0.2, -0.15) is 0 Å². The standard InChI is InChI=1S/C17H20N2OS/c1-12-2-3-14-15(11-21-16(14)10-12)17(20)19-9-6-13-4-7-18-8-5-13/h4-5,7-8,11-12H,2-3,6,9-10H2,1H3,(H,19,20). The molecule has 2 heterocycles. The van der Waals surface area contributed by atoms with Gasteiger partial charge in [0.05, 0.1) is 5.56 Å². The number of carbonyl (C=O) groups excluding carboxylic acids is 1. The van der Waals surface area contributed by atoms with E-state index in [1.165, 1.54) is 22.4 Å². The van der Waals surface area contributed by atoms with E-state index in [-0.39, 0.29) is 5.91 Å². The van der Waals surface area contributed by atoms with Crippen molar-refractivity contribution in [1.82, 2.24) is 10.3 Å². The van der Waals surface area contributed by atoms with E-state index in [1.807, 2.05) is 17.5 Å². The molecule has 0 aliphatic heterocycles. The second-order valence-electron chi connectivity index (χ2n) is 5.76. The summed E-state index contributed by atoms with van der Waals surface area (Å²) < 4.78 is 0. The van der Waals surface area contributed by atoms with Crippen molar-refractivity contribution in [2.75, 3.05) is 6.54 Å². The molecule has 110 valence electrons. The van der Waals surface area contributed by atoms with Gasteiger partial charge >= 0.3 is 0 Å². The number of hydrogen-bond acceptors (Lipinski definition) is 3. The first kappa shape index (κ1) is 14.3. The Bertz CT molecular complexity index is 621. The van der Waals surface area contributed by atoms with E-state index in [1.54, 1.807) is 23.7 Å². The average Bonchev–Trinajstić information content (AvgIpc) is 2.91. The Hall–Kier alpha value is -1.68. The molecule has 1 unspecified atom stereocenters. The van der Waals surface area contributed by atoms with Gasteiger partial charge in [-0.25, -0.2) is 0 Å². The van der Waals surface area contributed by atoms with Gasteiger partial charge in [-0.05, 0) is 54.9 Å². The van der Waals surface area contributed by atoms with Gasteiger partial charge in [0.2, 0.25) is 0 Å². The SMILES string of the molecule is CC1CCc2c(C(=O)NCCc3ccncc3)csc2C1. The summed E-state index contributed by atoms with van der Waals surface area (Å²) in [6.07, 6.45) is 7.79. The number of rotatable bonds is 4. The first-order chi connectivity index (χ1) is 10.2. The number of carbonyl (C=O) groups is 1. The van der Waals surface area contributed by atoms with E-state index in [4.69, 9.17) is 0 Å². The van der Waals surface area contributed by atoms with Crippen LogP contribution in [0.3, 0.4) is 0 Å². The minimum absolute atomic E-state index is 0.0797. The molecule has 1 N–H and O–H groups in total. The Labute approximate surface area is 129 Å². The number of nitrogens with one attached hydrogen (secondary N) is 1. The van der Waals surface area contributed by atoms with Crippen LogP contribution in [0.2, 0.25) is 0 Å². The van der Waals surface area contributed by atoms with Crippen LogP contribution in [0.4, 0.5) is 0 Å². The van der Waals surface area contributed by atoms with Crippen molar-refractivity contribution in [2.45, 2.75) is 32.6 Å². The summed E-state index contributed by atoms with van der Waals surface area (Å²) in [5.74, 6) is 0.829. The van der Waals surface area contributed by atoms with E-state index in [0.29, 0.717) is 6.54 Å². The van der Waals surface area contributed by atoms with Crippen molar-refractivity contribution < 1.29 is 4.79 Å². The number of fused-ring (bicyclic) bond motifs is 1. The zero-order valence-electron chi connectivity index (χ0n) is 12.3. The van der Waals surface area contributed by atoms with Crippen LogP contribution < -0.4 is 5.32 Å². The highest BCUT2D eigenvalue weighted by atomic mass is 32.1. The third kappa shape index (κ3) is 3.32. The molecule has 3 rings (SSSR count). The van der Waals surface area contributed by atoms with Crippen molar-refractivity contribution in [2.24, 2.45) is 5.92 Å². The van der Waals surface area contributed by atoms with Gasteiger partial charge in [-0.3, -0.25) is 9.78 Å². The molecule has 0 spiro atoms. The molecule has 0 aromatic carbocycles. The van der Waals surface area contributed by atoms with Gasteiger partial charge in [-0.1, -0.05) is 6.92 Å². The van der Waals surface area contributed by atoms with Crippen LogP contribution in [0, 0.1) is 5.92 Å². The molecular weight excluding hydrogens is 280 g/mol. The highest BCUT2D eigenvalue weighted by molar-refractivity contribution is 7.10. The molecule has 2 aromatic heterocycles. The molecule has 1 amide bonds. The average molecular weight is 300 g/mol. The Kier molecular flexibility index (Phi) is 4.34. The highest BCUT2D eigenvalue weighted by Crippen LogP contribution is 2.32. The fourth-order valence-electron chi connectivity index (χ4n) is 2.83. The van der Waals surface area contributed by atoms with E-state index >= 15 is 0 Å². The molecule has 3 nitrogen and oxygen atoms in total. The molecule has 2 aromatic rings. The smallest absolute Gasteiger partial charge is 0.252 e. The molecule has 0 saturated carbocycles. The molecule has 0 saturated heterocycles. The predicted octanol–water partition coefficient (Wildman–Crippen LogP) is 3.24. The van der Waals surface area contributed by atoms with Crippen LogP contribution in [-0.2, 0) is 19.3 Å².